The van der Waals surface area contributed by atoms with Crippen LogP contribution in [-0.4, -0.2) is 42.9 Å². The molecule has 0 radical (unpaired) electrons. The fraction of sp³-hybridized carbons (Fsp3) is 0.318. The van der Waals surface area contributed by atoms with Gasteiger partial charge < -0.3 is 19.9 Å². The molecule has 1 aromatic carbocycles. The van der Waals surface area contributed by atoms with Crippen LogP contribution in [-0.2, 0) is 10.0 Å². The zero-order chi connectivity index (χ0) is 23.3. The molecule has 5 rings (SSSR count). The van der Waals surface area contributed by atoms with E-state index in [4.69, 9.17) is 9.88 Å². The van der Waals surface area contributed by atoms with Gasteiger partial charge in [0.15, 0.2) is 0 Å². The molecule has 4 N–H and O–H groups in total. The van der Waals surface area contributed by atoms with Crippen LogP contribution < -0.4 is 20.5 Å². The van der Waals surface area contributed by atoms with Gasteiger partial charge in [-0.25, -0.2) is 18.5 Å². The van der Waals surface area contributed by atoms with Gasteiger partial charge in [0.25, 0.3) is 11.8 Å². The van der Waals surface area contributed by atoms with Gasteiger partial charge in [0.2, 0.25) is 10.0 Å². The quantitative estimate of drug-likeness (QED) is 0.504. The van der Waals surface area contributed by atoms with Crippen LogP contribution in [0.2, 0.25) is 0 Å². The van der Waals surface area contributed by atoms with Crippen LogP contribution in [0.15, 0.2) is 41.3 Å². The molecule has 1 atom stereocenters. The number of hydrogen-bond acceptors (Lipinski definition) is 6. The lowest BCUT2D eigenvalue weighted by atomic mass is 10.2. The minimum atomic E-state index is -4.12. The summed E-state index contributed by atoms with van der Waals surface area (Å²) in [6.45, 7) is 2.92. The number of sulfonamides is 1. The summed E-state index contributed by atoms with van der Waals surface area (Å²) >= 11 is 0. The highest BCUT2D eigenvalue weighted by atomic mass is 32.2. The van der Waals surface area contributed by atoms with E-state index in [-0.39, 0.29) is 28.2 Å². The van der Waals surface area contributed by atoms with Gasteiger partial charge >= 0.3 is 0 Å². The highest BCUT2D eigenvalue weighted by Gasteiger charge is 2.26. The number of benzene rings is 1. The predicted octanol–water partition coefficient (Wildman–Crippen LogP) is 2.03. The van der Waals surface area contributed by atoms with E-state index in [1.165, 1.54) is 18.2 Å². The third-order valence-corrected chi connectivity index (χ3v) is 6.79. The summed E-state index contributed by atoms with van der Waals surface area (Å²) in [5.41, 5.74) is 1.10. The molecule has 1 fully saturated rings. The topological polar surface area (TPSA) is 145 Å². The number of hydrogen-bond donors (Lipinski definition) is 3. The summed E-state index contributed by atoms with van der Waals surface area (Å²) in [6, 6.07) is 9.28. The highest BCUT2D eigenvalue weighted by Crippen LogP contribution is 2.31. The fourth-order valence-corrected chi connectivity index (χ4v) is 4.59. The Labute approximate surface area is 190 Å². The Balaban J connectivity index is 1.45. The molecule has 2 aliphatic rings. The van der Waals surface area contributed by atoms with Gasteiger partial charge in [0, 0.05) is 18.0 Å². The van der Waals surface area contributed by atoms with Crippen molar-refractivity contribution in [3.8, 4) is 5.75 Å². The van der Waals surface area contributed by atoms with Crippen LogP contribution in [0.5, 0.6) is 5.75 Å². The first-order valence-corrected chi connectivity index (χ1v) is 12.2. The summed E-state index contributed by atoms with van der Waals surface area (Å²) in [5.74, 6) is 0.0725. The van der Waals surface area contributed by atoms with Crippen molar-refractivity contribution in [2.75, 3.05) is 18.5 Å². The van der Waals surface area contributed by atoms with E-state index in [2.05, 4.69) is 15.6 Å². The number of pyridine rings is 1. The second-order valence-corrected chi connectivity index (χ2v) is 10.0. The average Bonchev–Trinajstić information content (AvgIpc) is 3.52. The minimum absolute atomic E-state index is 0.0295. The second-order valence-electron chi connectivity index (χ2n) is 8.48. The molecule has 10 nitrogen and oxygen atoms in total. The first-order chi connectivity index (χ1) is 15.7. The standard InChI is InChI=1S/C22H23N5O5S/c1-12-10-24-22(29)18-8-14-4-6-17(25-20(14)27(12)18)21(28)26-16-7-5-15(32-11-13-2-3-13)9-19(16)33(23,30)31/h4-9,12-13H,2-3,10-11H2,1H3,(H,24,29)(H,26,28)(H2,23,30,31)/t12-/m1/s1. The molecular weight excluding hydrogens is 446 g/mol. The molecule has 3 aromatic rings. The van der Waals surface area contributed by atoms with Crippen molar-refractivity contribution < 1.29 is 22.7 Å². The van der Waals surface area contributed by atoms with Gasteiger partial charge in [-0.05, 0) is 56.0 Å². The number of amides is 2. The Morgan fingerprint density at radius 2 is 2.06 bits per heavy atom. The number of ether oxygens (including phenoxy) is 1. The monoisotopic (exact) mass is 469 g/mol. The van der Waals surface area contributed by atoms with Crippen molar-refractivity contribution >= 4 is 38.6 Å². The van der Waals surface area contributed by atoms with Crippen molar-refractivity contribution in [1.82, 2.24) is 14.9 Å². The second kappa shape index (κ2) is 7.85. The van der Waals surface area contributed by atoms with E-state index in [0.29, 0.717) is 36.2 Å². The zero-order valence-electron chi connectivity index (χ0n) is 17.9. The lowest BCUT2D eigenvalue weighted by molar-refractivity contribution is 0.0918. The lowest BCUT2D eigenvalue weighted by Gasteiger charge is -2.23. The SMILES string of the molecule is C[C@@H]1CNC(=O)c2cc3ccc(C(=O)Nc4ccc(OCC5CC5)cc4S(N)(=O)=O)nc3n21. The van der Waals surface area contributed by atoms with Gasteiger partial charge in [0.05, 0.1) is 18.3 Å². The van der Waals surface area contributed by atoms with Crippen molar-refractivity contribution in [2.45, 2.75) is 30.7 Å². The molecule has 2 amide bonds. The van der Waals surface area contributed by atoms with Crippen LogP contribution in [0.1, 0.15) is 46.8 Å². The molecule has 0 bridgehead atoms. The number of anilines is 1. The van der Waals surface area contributed by atoms with Crippen LogP contribution >= 0.6 is 0 Å². The van der Waals surface area contributed by atoms with Crippen molar-refractivity contribution in [3.63, 3.8) is 0 Å². The zero-order valence-corrected chi connectivity index (χ0v) is 18.7. The lowest BCUT2D eigenvalue weighted by Crippen LogP contribution is -2.37. The summed E-state index contributed by atoms with van der Waals surface area (Å²) in [6.07, 6.45) is 2.20. The van der Waals surface area contributed by atoms with E-state index >= 15 is 0 Å². The maximum atomic E-state index is 13.0. The first-order valence-electron chi connectivity index (χ1n) is 10.6. The predicted molar refractivity (Wildman–Crippen MR) is 121 cm³/mol. The number of aromatic nitrogens is 2. The van der Waals surface area contributed by atoms with E-state index in [9.17, 15) is 18.0 Å². The number of nitrogens with two attached hydrogens (primary N) is 1. The molecule has 1 aliphatic heterocycles. The van der Waals surface area contributed by atoms with E-state index in [0.717, 1.165) is 18.2 Å². The Bertz CT molecular complexity index is 1390. The third kappa shape index (κ3) is 4.16. The van der Waals surface area contributed by atoms with Gasteiger partial charge in [-0.1, -0.05) is 0 Å². The summed E-state index contributed by atoms with van der Waals surface area (Å²) < 4.78 is 31.8. The Morgan fingerprint density at radius 1 is 1.27 bits per heavy atom. The van der Waals surface area contributed by atoms with Crippen molar-refractivity contribution in [2.24, 2.45) is 11.1 Å². The summed E-state index contributed by atoms with van der Waals surface area (Å²) in [5, 5.41) is 11.5. The van der Waals surface area contributed by atoms with Crippen molar-refractivity contribution in [3.05, 3.63) is 47.8 Å². The molecule has 33 heavy (non-hydrogen) atoms. The van der Waals surface area contributed by atoms with Gasteiger partial charge in [0.1, 0.15) is 27.7 Å². The number of carbonyl (C=O) groups is 2. The molecule has 172 valence electrons. The van der Waals surface area contributed by atoms with Gasteiger partial charge in [-0.15, -0.1) is 0 Å². The fourth-order valence-electron chi connectivity index (χ4n) is 3.88. The van der Waals surface area contributed by atoms with Crippen LogP contribution in [0.3, 0.4) is 0 Å². The molecular formula is C22H23N5O5S. The Hall–Kier alpha value is -3.44. The van der Waals surface area contributed by atoms with Crippen LogP contribution in [0.4, 0.5) is 5.69 Å². The average molecular weight is 470 g/mol. The van der Waals surface area contributed by atoms with Gasteiger partial charge in [-0.2, -0.15) is 0 Å². The molecule has 0 unspecified atom stereocenters. The summed E-state index contributed by atoms with van der Waals surface area (Å²) in [7, 11) is -4.12. The smallest absolute Gasteiger partial charge is 0.274 e. The first kappa shape index (κ1) is 21.4. The maximum Gasteiger partial charge on any atom is 0.274 e. The number of nitrogens with zero attached hydrogens (tertiary/aromatic N) is 2. The molecule has 0 saturated heterocycles. The number of nitrogens with one attached hydrogen (secondary N) is 2. The summed E-state index contributed by atoms with van der Waals surface area (Å²) in [4.78, 5) is 29.4. The minimum Gasteiger partial charge on any atom is -0.493 e. The molecule has 0 spiro atoms. The van der Waals surface area contributed by atoms with E-state index in [1.54, 1.807) is 22.8 Å². The van der Waals surface area contributed by atoms with E-state index < -0.39 is 15.9 Å². The molecule has 2 aromatic heterocycles. The molecule has 11 heteroatoms. The Morgan fingerprint density at radius 3 is 2.79 bits per heavy atom. The largest absolute Gasteiger partial charge is 0.493 e. The number of rotatable bonds is 6. The number of primary sulfonamides is 1. The molecule has 3 heterocycles. The third-order valence-electron chi connectivity index (χ3n) is 5.84. The normalized spacial score (nSPS) is 18.0. The van der Waals surface area contributed by atoms with Crippen LogP contribution in [0, 0.1) is 5.92 Å². The Kier molecular flexibility index (Phi) is 5.09. The number of carbonyl (C=O) groups excluding carboxylic acids is 2. The maximum absolute atomic E-state index is 13.0. The van der Waals surface area contributed by atoms with Crippen LogP contribution in [0.25, 0.3) is 11.0 Å². The number of fused-ring (bicyclic) bond motifs is 3. The van der Waals surface area contributed by atoms with Crippen molar-refractivity contribution in [1.29, 1.82) is 0 Å². The molecule has 1 aliphatic carbocycles. The van der Waals surface area contributed by atoms with E-state index in [1.807, 2.05) is 6.92 Å². The van der Waals surface area contributed by atoms with Gasteiger partial charge in [-0.3, -0.25) is 9.59 Å². The molecule has 1 saturated carbocycles. The highest BCUT2D eigenvalue weighted by molar-refractivity contribution is 7.89.